The molecule has 10 heterocycles. The molecule has 0 radical (unpaired) electrons. The van der Waals surface area contributed by atoms with Gasteiger partial charge in [-0.05, 0) is 0 Å². The second kappa shape index (κ2) is 1.97. The number of rotatable bonds is 6. The molecular formula is C27H30FeNOP. The van der Waals surface area contributed by atoms with Gasteiger partial charge in [0.25, 0.3) is 0 Å². The zero-order valence-corrected chi connectivity index (χ0v) is 20.3. The molecule has 10 fully saturated rings. The summed E-state index contributed by atoms with van der Waals surface area (Å²) in [6, 6.07) is 24.0. The van der Waals surface area contributed by atoms with Crippen molar-refractivity contribution >= 4 is 18.5 Å². The van der Waals surface area contributed by atoms with Gasteiger partial charge in [0.1, 0.15) is 0 Å². The van der Waals surface area contributed by atoms with Crippen LogP contribution < -0.4 is 10.6 Å². The Hall–Kier alpha value is -0.691. The molecule has 31 heavy (non-hydrogen) atoms. The van der Waals surface area contributed by atoms with Gasteiger partial charge in [0.2, 0.25) is 0 Å². The van der Waals surface area contributed by atoms with Crippen molar-refractivity contribution in [3.05, 3.63) is 60.7 Å². The second-order valence-corrected chi connectivity index (χ2v) is 40.6. The first-order chi connectivity index (χ1) is 14.8. The second-order valence-electron chi connectivity index (χ2n) is 14.8. The van der Waals surface area contributed by atoms with Crippen LogP contribution in [-0.2, 0) is 6.51 Å². The Morgan fingerprint density at radius 1 is 0.871 bits per heavy atom. The van der Waals surface area contributed by atoms with Crippen LogP contribution in [0.3, 0.4) is 0 Å². The predicted molar refractivity (Wildman–Crippen MR) is 124 cm³/mol. The minimum atomic E-state index is -3.96. The number of hydrogen-bond acceptors (Lipinski definition) is 2. The van der Waals surface area contributed by atoms with Crippen molar-refractivity contribution < 1.29 is 11.6 Å². The summed E-state index contributed by atoms with van der Waals surface area (Å²) in [5, 5.41) is 14.8. The molecule has 10 aliphatic heterocycles. The molecule has 0 aliphatic carbocycles. The topological polar surface area (TPSA) is 23.5 Å². The Kier molecular flexibility index (Phi) is 0.968. The van der Waals surface area contributed by atoms with E-state index in [2.05, 4.69) is 86.6 Å². The molecule has 4 heteroatoms. The summed E-state index contributed by atoms with van der Waals surface area (Å²) in [6.07, 6.45) is 0. The van der Waals surface area contributed by atoms with E-state index >= 15 is 0 Å². The van der Waals surface area contributed by atoms with Crippen LogP contribution in [0.1, 0.15) is 6.92 Å². The third kappa shape index (κ3) is 0.272. The molecule has 0 bridgehead atoms. The molecule has 0 saturated carbocycles. The molecule has 1 spiro atoms. The SMILES string of the molecule is CC(N(C)C)[C]12[CH]3[CH]4[C]5(P(c6ccccc6)c6ccccc6)[C]1(CO)[Fe]34251678[CH]2[CH]1[CH]6[CH]7[CH]28. The van der Waals surface area contributed by atoms with Crippen LogP contribution in [0.15, 0.2) is 60.7 Å². The van der Waals surface area contributed by atoms with Crippen molar-refractivity contribution in [3.63, 3.8) is 0 Å². The summed E-state index contributed by atoms with van der Waals surface area (Å²) < 4.78 is 1.60. The van der Waals surface area contributed by atoms with E-state index < -0.39 is 6.51 Å². The van der Waals surface area contributed by atoms with Crippen LogP contribution in [-0.4, -0.2) is 40.8 Å². The first-order valence-corrected chi connectivity index (χ1v) is 19.7. The maximum absolute atomic E-state index is 11.6. The zero-order chi connectivity index (χ0) is 20.5. The third-order valence-corrected chi connectivity index (χ3v) is 70.5. The molecule has 0 aromatic heterocycles. The van der Waals surface area contributed by atoms with Gasteiger partial charge in [-0.2, -0.15) is 0 Å². The van der Waals surface area contributed by atoms with Crippen LogP contribution in [0.5, 0.6) is 0 Å². The van der Waals surface area contributed by atoms with E-state index in [1.165, 1.54) is 24.1 Å². The van der Waals surface area contributed by atoms with E-state index in [9.17, 15) is 5.11 Å². The van der Waals surface area contributed by atoms with E-state index in [-0.39, 0.29) is 7.92 Å². The van der Waals surface area contributed by atoms with Gasteiger partial charge in [-0.25, -0.2) is 0 Å². The summed E-state index contributed by atoms with van der Waals surface area (Å²) in [7, 11) is 4.30. The van der Waals surface area contributed by atoms with Crippen molar-refractivity contribution in [3.8, 4) is 0 Å². The number of fused-ring (bicyclic) bond motifs is 10. The van der Waals surface area contributed by atoms with Gasteiger partial charge < -0.3 is 0 Å². The Labute approximate surface area is 175 Å². The minimum absolute atomic E-state index is 0.377. The van der Waals surface area contributed by atoms with Gasteiger partial charge in [0, 0.05) is 0 Å². The third-order valence-electron chi connectivity index (χ3n) is 19.4. The van der Waals surface area contributed by atoms with Gasteiger partial charge in [0.15, 0.2) is 0 Å². The Balaban J connectivity index is 1.28. The van der Waals surface area contributed by atoms with Gasteiger partial charge >= 0.3 is 176 Å². The number of aliphatic hydroxyl groups is 1. The maximum atomic E-state index is 11.6. The molecule has 10 saturated heterocycles. The summed E-state index contributed by atoms with van der Waals surface area (Å²) >= 11 is 0. The Morgan fingerprint density at radius 3 is 1.71 bits per heavy atom. The average molecular weight is 471 g/mol. The molecule has 12 rings (SSSR count). The molecule has 2 nitrogen and oxygen atoms in total. The van der Waals surface area contributed by atoms with Crippen LogP contribution in [0, 0.1) is 0 Å². The summed E-state index contributed by atoms with van der Waals surface area (Å²) in [5.41, 5.74) is 0. The fourth-order valence-corrected chi connectivity index (χ4v) is 116. The molecule has 162 valence electrons. The number of aliphatic hydroxyl groups excluding tert-OH is 1. The van der Waals surface area contributed by atoms with Crippen molar-refractivity contribution in [1.82, 2.24) is 4.90 Å². The predicted octanol–water partition coefficient (Wildman–Crippen LogP) is 5.10. The summed E-state index contributed by atoms with van der Waals surface area (Å²) in [4.78, 5) is 10.7. The van der Waals surface area contributed by atoms with Crippen molar-refractivity contribution in [1.29, 1.82) is 0 Å². The van der Waals surface area contributed by atoms with Gasteiger partial charge in [-0.3, -0.25) is 0 Å². The Bertz CT molecular complexity index is 1640. The standard InChI is InChI=1S/C22H25NOP.C5H5.Fe/c1-17(23(2)3)20-14-15-22(21(20)16-24)25(18-10-6-4-7-11-18)19-12-8-5-9-13-19;1-2-4-5-3-1;/h4-15,17,24H,16H2,1-3H3;1-5H;. The van der Waals surface area contributed by atoms with Crippen LogP contribution in [0.25, 0.3) is 0 Å². The van der Waals surface area contributed by atoms with E-state index in [0.717, 1.165) is 9.63 Å². The monoisotopic (exact) mass is 471 g/mol. The summed E-state index contributed by atoms with van der Waals surface area (Å²) in [5.74, 6) is 0. The van der Waals surface area contributed by atoms with Crippen LogP contribution in [0.4, 0.5) is 0 Å². The number of hydrogen-bond donors (Lipinski definition) is 1. The molecule has 6 unspecified atom stereocenters. The molecule has 1 N–H and O–H groups in total. The van der Waals surface area contributed by atoms with Crippen molar-refractivity contribution in [2.45, 2.75) is 59.4 Å². The molecular weight excluding hydrogens is 441 g/mol. The zero-order valence-electron chi connectivity index (χ0n) is 18.3. The molecule has 6 atom stereocenters. The van der Waals surface area contributed by atoms with Gasteiger partial charge in [-0.1, -0.05) is 0 Å². The van der Waals surface area contributed by atoms with E-state index in [0.29, 0.717) is 25.3 Å². The van der Waals surface area contributed by atoms with Crippen molar-refractivity contribution in [2.75, 3.05) is 20.7 Å². The van der Waals surface area contributed by atoms with E-state index in [1.807, 2.05) is 0 Å². The summed E-state index contributed by atoms with van der Waals surface area (Å²) in [6.45, 7) is -0.835. The molecule has 10 aliphatic rings. The fraction of sp³-hybridized carbons (Fsp3) is 0.556. The Morgan fingerprint density at radius 2 is 1.35 bits per heavy atom. The average Bonchev–Trinajstić information content (AvgIpc) is 3.75. The van der Waals surface area contributed by atoms with E-state index in [1.54, 1.807) is 10.6 Å². The normalized spacial score (nSPS) is 76.8. The van der Waals surface area contributed by atoms with Gasteiger partial charge in [0.05, 0.1) is 0 Å². The van der Waals surface area contributed by atoms with Crippen LogP contribution in [0.2, 0.25) is 42.3 Å². The number of benzene rings is 2. The number of nitrogens with zero attached hydrogens (tertiary/aromatic N) is 1. The molecule has 2 aromatic carbocycles. The van der Waals surface area contributed by atoms with Crippen molar-refractivity contribution in [2.24, 2.45) is 0 Å². The molecule has 2 aromatic rings. The molecule has 0 amide bonds. The first kappa shape index (κ1) is 15.3. The quantitative estimate of drug-likeness (QED) is 0.468. The van der Waals surface area contributed by atoms with E-state index in [4.69, 9.17) is 0 Å². The van der Waals surface area contributed by atoms with Gasteiger partial charge in [-0.15, -0.1) is 0 Å². The fourth-order valence-electron chi connectivity index (χ4n) is 21.8. The van der Waals surface area contributed by atoms with Crippen LogP contribution >= 0.6 is 7.92 Å². The first-order valence-electron chi connectivity index (χ1n) is 12.2.